The summed E-state index contributed by atoms with van der Waals surface area (Å²) in [6.45, 7) is -0.768. The number of rotatable bonds is 6. The first-order valence-electron chi connectivity index (χ1n) is 8.74. The van der Waals surface area contributed by atoms with E-state index in [9.17, 15) is 18.8 Å². The maximum Gasteiger partial charge on any atom is 0.357 e. The lowest BCUT2D eigenvalue weighted by atomic mass is 10.2. The summed E-state index contributed by atoms with van der Waals surface area (Å²) < 4.78 is 17.9. The third kappa shape index (κ3) is 5.35. The van der Waals surface area contributed by atoms with E-state index in [1.807, 2.05) is 12.1 Å². The van der Waals surface area contributed by atoms with Gasteiger partial charge in [-0.05, 0) is 36.4 Å². The number of hydrogen-bond donors (Lipinski definition) is 1. The molecule has 3 rings (SSSR count). The molecule has 1 aromatic heterocycles. The number of nitrogens with zero attached hydrogens (tertiary/aromatic N) is 2. The van der Waals surface area contributed by atoms with Gasteiger partial charge in [-0.15, -0.1) is 0 Å². The molecule has 0 aliphatic carbocycles. The molecular weight excluding hydrogens is 377 g/mol. The summed E-state index contributed by atoms with van der Waals surface area (Å²) in [5, 5.41) is 3.43. The number of ether oxygens (including phenoxy) is 1. The van der Waals surface area contributed by atoms with Gasteiger partial charge in [0.15, 0.2) is 6.61 Å². The van der Waals surface area contributed by atoms with Crippen LogP contribution in [0.25, 0.3) is 10.9 Å². The minimum atomic E-state index is -0.728. The van der Waals surface area contributed by atoms with Crippen molar-refractivity contribution in [3.63, 3.8) is 0 Å². The summed E-state index contributed by atoms with van der Waals surface area (Å²) in [6, 6.07) is 15.8. The molecule has 0 atom stereocenters. The van der Waals surface area contributed by atoms with Crippen molar-refractivity contribution in [3.05, 3.63) is 72.2 Å². The van der Waals surface area contributed by atoms with Crippen LogP contribution in [0.2, 0.25) is 0 Å². The van der Waals surface area contributed by atoms with E-state index < -0.39 is 30.2 Å². The molecule has 29 heavy (non-hydrogen) atoms. The number of halogens is 1. The van der Waals surface area contributed by atoms with E-state index in [2.05, 4.69) is 10.3 Å². The van der Waals surface area contributed by atoms with Crippen LogP contribution in [0, 0.1) is 5.82 Å². The fourth-order valence-corrected chi connectivity index (χ4v) is 2.53. The Morgan fingerprint density at radius 3 is 2.52 bits per heavy atom. The minimum absolute atomic E-state index is 0.0909. The lowest BCUT2D eigenvalue weighted by molar-refractivity contribution is -0.136. The number of carbonyl (C=O) groups excluding carboxylic acids is 3. The summed E-state index contributed by atoms with van der Waals surface area (Å²) in [5.74, 6) is -2.16. The van der Waals surface area contributed by atoms with E-state index >= 15 is 0 Å². The number of benzene rings is 2. The number of anilines is 1. The normalized spacial score (nSPS) is 10.4. The summed E-state index contributed by atoms with van der Waals surface area (Å²) in [7, 11) is 1.41. The molecule has 0 bridgehead atoms. The first kappa shape index (κ1) is 19.9. The van der Waals surface area contributed by atoms with Crippen LogP contribution in [0.4, 0.5) is 10.1 Å². The monoisotopic (exact) mass is 395 g/mol. The van der Waals surface area contributed by atoms with Crippen LogP contribution in [0.15, 0.2) is 60.7 Å². The van der Waals surface area contributed by atoms with Crippen LogP contribution in [0.3, 0.4) is 0 Å². The first-order valence-corrected chi connectivity index (χ1v) is 8.74. The molecule has 0 spiro atoms. The Kier molecular flexibility index (Phi) is 6.13. The second kappa shape index (κ2) is 8.92. The molecule has 2 aromatic carbocycles. The number of esters is 1. The number of pyridine rings is 1. The minimum Gasteiger partial charge on any atom is -0.451 e. The van der Waals surface area contributed by atoms with Crippen LogP contribution in [0.1, 0.15) is 10.5 Å². The second-order valence-electron chi connectivity index (χ2n) is 6.27. The fourth-order valence-electron chi connectivity index (χ4n) is 2.53. The van der Waals surface area contributed by atoms with Crippen molar-refractivity contribution >= 4 is 34.4 Å². The summed E-state index contributed by atoms with van der Waals surface area (Å²) >= 11 is 0. The van der Waals surface area contributed by atoms with Gasteiger partial charge in [-0.25, -0.2) is 14.2 Å². The maximum absolute atomic E-state index is 12.9. The Hall–Kier alpha value is -3.81. The molecule has 0 fully saturated rings. The Labute approximate surface area is 166 Å². The van der Waals surface area contributed by atoms with Crippen molar-refractivity contribution in [1.82, 2.24) is 9.88 Å². The molecule has 148 valence electrons. The molecule has 0 saturated heterocycles. The van der Waals surface area contributed by atoms with Gasteiger partial charge >= 0.3 is 5.97 Å². The molecule has 0 radical (unpaired) electrons. The lowest BCUT2D eigenvalue weighted by Gasteiger charge is -2.16. The van der Waals surface area contributed by atoms with Crippen molar-refractivity contribution < 1.29 is 23.5 Å². The molecule has 2 amide bonds. The molecule has 0 aliphatic heterocycles. The predicted octanol–water partition coefficient (Wildman–Crippen LogP) is 2.63. The van der Waals surface area contributed by atoms with Gasteiger partial charge in [0.05, 0.1) is 12.1 Å². The molecule has 8 heteroatoms. The van der Waals surface area contributed by atoms with Crippen LogP contribution in [-0.4, -0.2) is 47.9 Å². The Morgan fingerprint density at radius 1 is 1.03 bits per heavy atom. The van der Waals surface area contributed by atoms with Gasteiger partial charge in [0, 0.05) is 18.1 Å². The Morgan fingerprint density at radius 2 is 1.76 bits per heavy atom. The SMILES string of the molecule is CN(CC(=O)Nc1ccc(F)cc1)C(=O)COC(=O)c1ccc2ccccc2n1. The molecule has 0 aliphatic rings. The molecule has 0 saturated carbocycles. The number of hydrogen-bond acceptors (Lipinski definition) is 5. The Balaban J connectivity index is 1.50. The van der Waals surface area contributed by atoms with Gasteiger partial charge in [-0.1, -0.05) is 24.3 Å². The van der Waals surface area contributed by atoms with Gasteiger partial charge in [0.25, 0.3) is 5.91 Å². The number of nitrogens with one attached hydrogen (secondary N) is 1. The predicted molar refractivity (Wildman–Crippen MR) is 105 cm³/mol. The third-order valence-corrected chi connectivity index (χ3v) is 4.07. The van der Waals surface area contributed by atoms with E-state index in [4.69, 9.17) is 4.74 Å². The number of likely N-dealkylation sites (N-methyl/N-ethyl adjacent to an activating group) is 1. The lowest BCUT2D eigenvalue weighted by Crippen LogP contribution is -2.37. The quantitative estimate of drug-likeness (QED) is 0.648. The van der Waals surface area contributed by atoms with Gasteiger partial charge in [0.1, 0.15) is 11.5 Å². The van der Waals surface area contributed by atoms with Gasteiger partial charge < -0.3 is 15.0 Å². The van der Waals surface area contributed by atoms with Crippen LogP contribution in [-0.2, 0) is 14.3 Å². The fraction of sp³-hybridized carbons (Fsp3) is 0.143. The smallest absolute Gasteiger partial charge is 0.357 e. The largest absolute Gasteiger partial charge is 0.451 e. The highest BCUT2D eigenvalue weighted by Crippen LogP contribution is 2.12. The van der Waals surface area contributed by atoms with E-state index in [-0.39, 0.29) is 12.2 Å². The van der Waals surface area contributed by atoms with E-state index in [0.29, 0.717) is 11.2 Å². The van der Waals surface area contributed by atoms with Crippen LogP contribution < -0.4 is 5.32 Å². The molecular formula is C21H18FN3O4. The highest BCUT2D eigenvalue weighted by molar-refractivity contribution is 5.95. The van der Waals surface area contributed by atoms with Crippen molar-refractivity contribution in [2.75, 3.05) is 25.5 Å². The molecule has 7 nitrogen and oxygen atoms in total. The highest BCUT2D eigenvalue weighted by Gasteiger charge is 2.17. The van der Waals surface area contributed by atoms with Gasteiger partial charge in [0.2, 0.25) is 5.91 Å². The van der Waals surface area contributed by atoms with Gasteiger partial charge in [-0.2, -0.15) is 0 Å². The standard InChI is InChI=1S/C21H18FN3O4/c1-25(12-19(26)23-16-9-7-15(22)8-10-16)20(27)13-29-21(28)18-11-6-14-4-2-3-5-17(14)24-18/h2-11H,12-13H2,1H3,(H,23,26). The number of amides is 2. The summed E-state index contributed by atoms with van der Waals surface area (Å²) in [4.78, 5) is 41.6. The number of para-hydroxylation sites is 1. The zero-order chi connectivity index (χ0) is 20.8. The van der Waals surface area contributed by atoms with Gasteiger partial charge in [-0.3, -0.25) is 9.59 Å². The van der Waals surface area contributed by atoms with Crippen molar-refractivity contribution in [2.45, 2.75) is 0 Å². The van der Waals surface area contributed by atoms with Crippen LogP contribution >= 0.6 is 0 Å². The van der Waals surface area contributed by atoms with Crippen molar-refractivity contribution in [1.29, 1.82) is 0 Å². The highest BCUT2D eigenvalue weighted by atomic mass is 19.1. The average molecular weight is 395 g/mol. The summed E-state index contributed by atoms with van der Waals surface area (Å²) in [5.41, 5.74) is 1.14. The second-order valence-corrected chi connectivity index (χ2v) is 6.27. The van der Waals surface area contributed by atoms with Crippen molar-refractivity contribution in [2.24, 2.45) is 0 Å². The third-order valence-electron chi connectivity index (χ3n) is 4.07. The first-order chi connectivity index (χ1) is 13.9. The number of carbonyl (C=O) groups is 3. The molecule has 1 heterocycles. The molecule has 3 aromatic rings. The zero-order valence-electron chi connectivity index (χ0n) is 15.6. The topological polar surface area (TPSA) is 88.6 Å². The summed E-state index contributed by atoms with van der Waals surface area (Å²) in [6.07, 6.45) is 0. The van der Waals surface area contributed by atoms with E-state index in [0.717, 1.165) is 10.3 Å². The van der Waals surface area contributed by atoms with E-state index in [1.165, 1.54) is 37.4 Å². The maximum atomic E-state index is 12.9. The molecule has 1 N–H and O–H groups in total. The number of fused-ring (bicyclic) bond motifs is 1. The number of aromatic nitrogens is 1. The average Bonchev–Trinajstić information content (AvgIpc) is 2.72. The zero-order valence-corrected chi connectivity index (χ0v) is 15.6. The van der Waals surface area contributed by atoms with E-state index in [1.54, 1.807) is 18.2 Å². The van der Waals surface area contributed by atoms with Crippen LogP contribution in [0.5, 0.6) is 0 Å². The van der Waals surface area contributed by atoms with Crippen molar-refractivity contribution in [3.8, 4) is 0 Å². The molecule has 0 unspecified atom stereocenters. The Bertz CT molecular complexity index is 1050.